The number of hydrogen-bond acceptors (Lipinski definition) is 6. The van der Waals surface area contributed by atoms with Crippen LogP contribution in [0.4, 0.5) is 0 Å². The number of hydrogen-bond donors (Lipinski definition) is 0. The second kappa shape index (κ2) is 24.0. The number of ether oxygens (including phenoxy) is 2. The number of nitrogens with zero attached hydrogens (tertiary/aromatic N) is 2. The van der Waals surface area contributed by atoms with Crippen LogP contribution in [-0.2, 0) is 38.7 Å². The summed E-state index contributed by atoms with van der Waals surface area (Å²) in [4.78, 5) is 27.8. The summed E-state index contributed by atoms with van der Waals surface area (Å²) in [6.07, 6.45) is 0.327. The molecule has 0 fully saturated rings. The molecule has 0 bridgehead atoms. The fourth-order valence-electron chi connectivity index (χ4n) is 6.22. The van der Waals surface area contributed by atoms with Crippen LogP contribution in [0.15, 0.2) is 109 Å². The topological polar surface area (TPSA) is 90.0 Å². The van der Waals surface area contributed by atoms with E-state index in [9.17, 15) is 9.59 Å². The van der Waals surface area contributed by atoms with E-state index in [1.807, 2.05) is 145 Å². The standard InChI is InChI=1S/C26H35NO3Si.C16H16O2.C2H2IN/c1-19(2)31(20(3)4,21(5)6)30-24-15-13-23(14-16-24)25(17-27-7)26(28)29-18-22-11-9-8-10-12-22;1-13-7-9-14(10-8-13)11-16(17)18-12-15-5-3-2-4-6-15;3-1-2-4/h8-16,19-21,25H,17-18H2,1-6H3;2-10H,11-12H2,1H3;1H2. The summed E-state index contributed by atoms with van der Waals surface area (Å²) in [5.41, 5.74) is 6.34. The van der Waals surface area contributed by atoms with Crippen LogP contribution in [0.2, 0.25) is 16.6 Å². The highest BCUT2D eigenvalue weighted by Crippen LogP contribution is 2.42. The van der Waals surface area contributed by atoms with E-state index < -0.39 is 14.2 Å². The van der Waals surface area contributed by atoms with Gasteiger partial charge in [-0.15, -0.1) is 0 Å². The molecule has 0 amide bonds. The van der Waals surface area contributed by atoms with Gasteiger partial charge in [-0.3, -0.25) is 9.59 Å². The minimum absolute atomic E-state index is 0.0660. The number of esters is 2. The highest BCUT2D eigenvalue weighted by Gasteiger charge is 2.47. The van der Waals surface area contributed by atoms with Crippen molar-refractivity contribution in [3.8, 4) is 11.8 Å². The van der Waals surface area contributed by atoms with E-state index in [1.165, 1.54) is 5.56 Å². The maximum Gasteiger partial charge on any atom is 0.321 e. The highest BCUT2D eigenvalue weighted by molar-refractivity contribution is 14.1. The number of carbonyl (C=O) groups excluding carboxylic acids is 2. The molecule has 0 saturated heterocycles. The number of halogens is 1. The van der Waals surface area contributed by atoms with E-state index in [4.69, 9.17) is 25.7 Å². The molecule has 0 aromatic heterocycles. The van der Waals surface area contributed by atoms with Gasteiger partial charge in [0.15, 0.2) is 5.92 Å². The van der Waals surface area contributed by atoms with Crippen molar-refractivity contribution in [3.63, 3.8) is 0 Å². The SMILES string of the molecule is Cc1ccc(CC(=O)OCc2ccccc2)cc1.N#CCI.[C-]#[N+]CC(C(=O)OCc1ccccc1)c1ccc(O[Si](C(C)C)(C(C)C)C(C)C)cc1. The zero-order valence-corrected chi connectivity index (χ0v) is 35.2. The molecule has 4 aromatic rings. The van der Waals surface area contributed by atoms with Gasteiger partial charge in [0.1, 0.15) is 19.0 Å². The lowest BCUT2D eigenvalue weighted by Crippen LogP contribution is -2.50. The van der Waals surface area contributed by atoms with Crippen LogP contribution in [0.5, 0.6) is 5.75 Å². The molecule has 0 N–H and O–H groups in total. The van der Waals surface area contributed by atoms with E-state index in [1.54, 1.807) is 0 Å². The maximum atomic E-state index is 12.7. The molecule has 1 atom stereocenters. The zero-order valence-electron chi connectivity index (χ0n) is 32.1. The van der Waals surface area contributed by atoms with Crippen molar-refractivity contribution in [1.82, 2.24) is 0 Å². The van der Waals surface area contributed by atoms with Crippen LogP contribution in [0.1, 0.15) is 75.3 Å². The Bertz CT molecular complexity index is 1710. The normalized spacial score (nSPS) is 11.2. The largest absolute Gasteiger partial charge is 0.543 e. The van der Waals surface area contributed by atoms with Gasteiger partial charge in [0.25, 0.3) is 8.32 Å². The van der Waals surface area contributed by atoms with Gasteiger partial charge in [0, 0.05) is 0 Å². The third kappa shape index (κ3) is 15.2. The van der Waals surface area contributed by atoms with E-state index in [0.717, 1.165) is 28.0 Å². The van der Waals surface area contributed by atoms with Crippen molar-refractivity contribution in [2.24, 2.45) is 0 Å². The van der Waals surface area contributed by atoms with Crippen molar-refractivity contribution in [2.75, 3.05) is 11.0 Å². The van der Waals surface area contributed by atoms with Gasteiger partial charge >= 0.3 is 11.9 Å². The maximum absolute atomic E-state index is 12.7. The van der Waals surface area contributed by atoms with Crippen molar-refractivity contribution >= 4 is 42.8 Å². The lowest BCUT2D eigenvalue weighted by Gasteiger charge is -2.42. The number of carbonyl (C=O) groups is 2. The van der Waals surface area contributed by atoms with Crippen molar-refractivity contribution in [2.45, 2.75) is 90.6 Å². The summed E-state index contributed by atoms with van der Waals surface area (Å²) in [5.74, 6) is -0.324. The molecule has 4 aromatic carbocycles. The van der Waals surface area contributed by atoms with Gasteiger partial charge in [-0.25, -0.2) is 6.57 Å². The van der Waals surface area contributed by atoms with Crippen LogP contribution in [0, 0.1) is 24.8 Å². The van der Waals surface area contributed by atoms with Crippen molar-refractivity contribution < 1.29 is 23.5 Å². The fourth-order valence-corrected chi connectivity index (χ4v) is 11.5. The van der Waals surface area contributed by atoms with E-state index in [2.05, 4.69) is 46.4 Å². The second-order valence-corrected chi connectivity index (χ2v) is 19.7. The predicted molar refractivity (Wildman–Crippen MR) is 224 cm³/mol. The summed E-state index contributed by atoms with van der Waals surface area (Å²) in [6.45, 7) is 23.5. The minimum atomic E-state index is -2.04. The molecular formula is C44H53IN2O5Si. The van der Waals surface area contributed by atoms with Gasteiger partial charge in [-0.05, 0) is 57.9 Å². The Balaban J connectivity index is 0.000000371. The van der Waals surface area contributed by atoms with Gasteiger partial charge in [-0.2, -0.15) is 5.26 Å². The summed E-state index contributed by atoms with van der Waals surface area (Å²) in [7, 11) is -2.04. The minimum Gasteiger partial charge on any atom is -0.543 e. The van der Waals surface area contributed by atoms with E-state index >= 15 is 0 Å². The lowest BCUT2D eigenvalue weighted by atomic mass is 9.99. The van der Waals surface area contributed by atoms with Gasteiger partial charge < -0.3 is 18.7 Å². The predicted octanol–water partition coefficient (Wildman–Crippen LogP) is 11.2. The summed E-state index contributed by atoms with van der Waals surface area (Å²) >= 11 is 1.99. The Morgan fingerprint density at radius 1 is 0.736 bits per heavy atom. The number of rotatable bonds is 14. The van der Waals surface area contributed by atoms with Crippen LogP contribution in [0.25, 0.3) is 4.85 Å². The average Bonchev–Trinajstić information content (AvgIpc) is 3.16. The lowest BCUT2D eigenvalue weighted by molar-refractivity contribution is -0.146. The first-order chi connectivity index (χ1) is 25.4. The summed E-state index contributed by atoms with van der Waals surface area (Å²) < 4.78 is 18.0. The molecule has 9 heteroatoms. The molecule has 0 spiro atoms. The molecule has 280 valence electrons. The molecular weight excluding hydrogens is 791 g/mol. The average molecular weight is 845 g/mol. The van der Waals surface area contributed by atoms with Gasteiger partial charge in [0.2, 0.25) is 6.54 Å². The smallest absolute Gasteiger partial charge is 0.321 e. The quantitative estimate of drug-likeness (QED) is 0.0413. The highest BCUT2D eigenvalue weighted by atomic mass is 127. The first-order valence-electron chi connectivity index (χ1n) is 17.9. The Kier molecular flexibility index (Phi) is 20.2. The Morgan fingerprint density at radius 2 is 1.21 bits per heavy atom. The molecule has 7 nitrogen and oxygen atoms in total. The van der Waals surface area contributed by atoms with Crippen LogP contribution < -0.4 is 4.43 Å². The monoisotopic (exact) mass is 844 g/mol. The van der Waals surface area contributed by atoms with Crippen LogP contribution in [-0.4, -0.2) is 31.2 Å². The molecule has 1 unspecified atom stereocenters. The molecule has 4 rings (SSSR count). The first-order valence-corrected chi connectivity index (χ1v) is 21.5. The van der Waals surface area contributed by atoms with E-state index in [-0.39, 0.29) is 25.1 Å². The Hall–Kier alpha value is -4.45. The first kappa shape index (κ1) is 44.7. The fraction of sp³-hybridized carbons (Fsp3) is 0.364. The summed E-state index contributed by atoms with van der Waals surface area (Å²) in [6, 6.07) is 36.8. The number of aryl methyl sites for hydroxylation is 1. The van der Waals surface area contributed by atoms with Crippen LogP contribution in [0.3, 0.4) is 0 Å². The molecule has 53 heavy (non-hydrogen) atoms. The van der Waals surface area contributed by atoms with E-state index in [0.29, 0.717) is 34.1 Å². The third-order valence-electron chi connectivity index (χ3n) is 8.84. The van der Waals surface area contributed by atoms with Gasteiger partial charge in [0.05, 0.1) is 16.9 Å². The molecule has 0 aliphatic carbocycles. The molecule has 0 saturated carbocycles. The Morgan fingerprint density at radius 3 is 1.64 bits per heavy atom. The number of nitriles is 1. The second-order valence-electron chi connectivity index (χ2n) is 13.6. The molecule has 0 heterocycles. The van der Waals surface area contributed by atoms with Gasteiger partial charge in [-0.1, -0.05) is 167 Å². The third-order valence-corrected chi connectivity index (χ3v) is 15.2. The number of benzene rings is 4. The molecule has 0 aliphatic rings. The van der Waals surface area contributed by atoms with Crippen LogP contribution >= 0.6 is 22.6 Å². The van der Waals surface area contributed by atoms with Crippen molar-refractivity contribution in [3.05, 3.63) is 148 Å². The molecule has 0 radical (unpaired) electrons. The number of alkyl halides is 1. The molecule has 0 aliphatic heterocycles. The Labute approximate surface area is 331 Å². The van der Waals surface area contributed by atoms with Crippen molar-refractivity contribution in [1.29, 1.82) is 5.26 Å². The summed E-state index contributed by atoms with van der Waals surface area (Å²) in [5, 5.41) is 7.62. The zero-order chi connectivity index (χ0) is 39.2.